The molecule has 24 heavy (non-hydrogen) atoms. The molecule has 0 aromatic heterocycles. The van der Waals surface area contributed by atoms with Gasteiger partial charge in [0.1, 0.15) is 0 Å². The molecule has 0 saturated carbocycles. The second-order valence-electron chi connectivity index (χ2n) is 5.93. The predicted molar refractivity (Wildman–Crippen MR) is 90.2 cm³/mol. The summed E-state index contributed by atoms with van der Waals surface area (Å²) in [6.07, 6.45) is 2.14. The molecule has 0 aliphatic heterocycles. The summed E-state index contributed by atoms with van der Waals surface area (Å²) in [6.45, 7) is 0. The summed E-state index contributed by atoms with van der Waals surface area (Å²) < 4.78 is 0. The van der Waals surface area contributed by atoms with Crippen molar-refractivity contribution < 1.29 is 14.8 Å². The van der Waals surface area contributed by atoms with Gasteiger partial charge in [-0.3, -0.25) is 14.9 Å². The number of anilines is 1. The van der Waals surface area contributed by atoms with Gasteiger partial charge in [0.15, 0.2) is 0 Å². The molecule has 0 radical (unpaired) electrons. The van der Waals surface area contributed by atoms with Gasteiger partial charge in [-0.2, -0.15) is 0 Å². The van der Waals surface area contributed by atoms with Crippen LogP contribution in [-0.2, 0) is 17.6 Å². The maximum atomic E-state index is 11.0. The average Bonchev–Trinajstić information content (AvgIpc) is 2.97. The summed E-state index contributed by atoms with van der Waals surface area (Å²) in [5.74, 6) is -0.918. The minimum Gasteiger partial charge on any atom is -0.481 e. The van der Waals surface area contributed by atoms with E-state index in [0.29, 0.717) is 5.56 Å². The van der Waals surface area contributed by atoms with Crippen molar-refractivity contribution in [2.24, 2.45) is 0 Å². The molecule has 2 aromatic carbocycles. The second-order valence-corrected chi connectivity index (χ2v) is 5.93. The number of nitrogens with one attached hydrogen (secondary N) is 1. The molecule has 1 aliphatic carbocycles. The van der Waals surface area contributed by atoms with Crippen LogP contribution in [0.5, 0.6) is 0 Å². The highest BCUT2D eigenvalue weighted by Crippen LogP contribution is 2.35. The van der Waals surface area contributed by atoms with E-state index in [1.807, 2.05) is 12.1 Å². The van der Waals surface area contributed by atoms with Gasteiger partial charge in [0.2, 0.25) is 0 Å². The summed E-state index contributed by atoms with van der Waals surface area (Å²) in [4.78, 5) is 21.4. The van der Waals surface area contributed by atoms with Crippen LogP contribution in [-0.4, -0.2) is 16.0 Å². The van der Waals surface area contributed by atoms with Crippen molar-refractivity contribution in [1.29, 1.82) is 0 Å². The van der Waals surface area contributed by atoms with E-state index in [1.165, 1.54) is 23.3 Å². The highest BCUT2D eigenvalue weighted by Gasteiger charge is 2.23. The zero-order valence-electron chi connectivity index (χ0n) is 13.1. The second kappa shape index (κ2) is 6.70. The topological polar surface area (TPSA) is 92.5 Å². The van der Waals surface area contributed by atoms with Crippen LogP contribution in [0, 0.1) is 10.1 Å². The molecule has 1 aliphatic rings. The number of carbonyl (C=O) groups is 1. The van der Waals surface area contributed by atoms with Crippen molar-refractivity contribution in [3.63, 3.8) is 0 Å². The van der Waals surface area contributed by atoms with Crippen LogP contribution in [0.2, 0.25) is 0 Å². The minimum atomic E-state index is -0.918. The molecule has 0 saturated heterocycles. The number of hydrogen-bond acceptors (Lipinski definition) is 4. The van der Waals surface area contributed by atoms with Gasteiger partial charge >= 0.3 is 5.97 Å². The Hall–Kier alpha value is -2.89. The summed E-state index contributed by atoms with van der Waals surface area (Å²) in [7, 11) is 0. The van der Waals surface area contributed by atoms with Crippen molar-refractivity contribution in [3.8, 4) is 0 Å². The molecule has 0 amide bonds. The summed E-state index contributed by atoms with van der Waals surface area (Å²) >= 11 is 0. The number of benzene rings is 2. The van der Waals surface area contributed by atoms with E-state index in [-0.39, 0.29) is 24.6 Å². The Kier molecular flexibility index (Phi) is 4.46. The van der Waals surface area contributed by atoms with Gasteiger partial charge < -0.3 is 10.4 Å². The first-order chi connectivity index (χ1) is 11.5. The first kappa shape index (κ1) is 16.0. The molecule has 3 rings (SSSR count). The largest absolute Gasteiger partial charge is 0.481 e. The molecule has 1 unspecified atom stereocenters. The molecular weight excluding hydrogens is 308 g/mol. The summed E-state index contributed by atoms with van der Waals surface area (Å²) in [5, 5.41) is 23.3. The number of aryl methyl sites for hydroxylation is 2. The number of rotatable bonds is 6. The fraction of sp³-hybridized carbons (Fsp3) is 0.278. The summed E-state index contributed by atoms with van der Waals surface area (Å²) in [6, 6.07) is 13.0. The number of carboxylic acid groups (broad SMARTS) is 1. The fourth-order valence-corrected chi connectivity index (χ4v) is 3.18. The third-order valence-electron chi connectivity index (χ3n) is 4.37. The SMILES string of the molecule is O=C(O)CCc1cc([N+](=O)[O-])ccc1NC1CCc2ccccc21. The van der Waals surface area contributed by atoms with Crippen LogP contribution < -0.4 is 5.32 Å². The molecule has 0 heterocycles. The Morgan fingerprint density at radius 2 is 2.08 bits per heavy atom. The number of carboxylic acids is 1. The van der Waals surface area contributed by atoms with Crippen molar-refractivity contribution in [2.75, 3.05) is 5.32 Å². The lowest BCUT2D eigenvalue weighted by atomic mass is 10.0. The number of hydrogen-bond donors (Lipinski definition) is 2. The number of nitro groups is 1. The number of aliphatic carboxylic acids is 1. The first-order valence-electron chi connectivity index (χ1n) is 7.88. The highest BCUT2D eigenvalue weighted by atomic mass is 16.6. The lowest BCUT2D eigenvalue weighted by Crippen LogP contribution is -2.10. The number of fused-ring (bicyclic) bond motifs is 1. The highest BCUT2D eigenvalue weighted by molar-refractivity contribution is 5.68. The molecule has 0 spiro atoms. The van der Waals surface area contributed by atoms with Crippen molar-refractivity contribution in [3.05, 3.63) is 69.3 Å². The molecule has 124 valence electrons. The molecule has 0 bridgehead atoms. The Bertz CT molecular complexity index is 788. The standard InChI is InChI=1S/C18H18N2O4/c21-18(22)10-6-13-11-14(20(23)24)7-9-16(13)19-17-8-5-12-3-1-2-4-15(12)17/h1-4,7,9,11,17,19H,5-6,8,10H2,(H,21,22). The molecule has 1 atom stereocenters. The number of non-ortho nitro benzene ring substituents is 1. The molecule has 2 aromatic rings. The Balaban J connectivity index is 1.87. The Morgan fingerprint density at radius 1 is 1.29 bits per heavy atom. The van der Waals surface area contributed by atoms with Gasteiger partial charge in [-0.15, -0.1) is 0 Å². The summed E-state index contributed by atoms with van der Waals surface area (Å²) in [5.41, 5.74) is 3.95. The Labute approximate surface area is 139 Å². The zero-order valence-corrected chi connectivity index (χ0v) is 13.1. The maximum Gasteiger partial charge on any atom is 0.303 e. The van der Waals surface area contributed by atoms with E-state index in [0.717, 1.165) is 18.5 Å². The van der Waals surface area contributed by atoms with Crippen molar-refractivity contribution in [1.82, 2.24) is 0 Å². The van der Waals surface area contributed by atoms with Crippen LogP contribution >= 0.6 is 0 Å². The van der Waals surface area contributed by atoms with Crippen molar-refractivity contribution in [2.45, 2.75) is 31.7 Å². The van der Waals surface area contributed by atoms with Gasteiger partial charge in [-0.25, -0.2) is 0 Å². The van der Waals surface area contributed by atoms with Crippen LogP contribution in [0.1, 0.15) is 35.6 Å². The van der Waals surface area contributed by atoms with E-state index in [1.54, 1.807) is 6.07 Å². The predicted octanol–water partition coefficient (Wildman–Crippen LogP) is 3.71. The maximum absolute atomic E-state index is 11.0. The average molecular weight is 326 g/mol. The third-order valence-corrected chi connectivity index (χ3v) is 4.37. The lowest BCUT2D eigenvalue weighted by Gasteiger charge is -2.18. The van der Waals surface area contributed by atoms with Crippen LogP contribution in [0.4, 0.5) is 11.4 Å². The van der Waals surface area contributed by atoms with E-state index in [9.17, 15) is 14.9 Å². The Morgan fingerprint density at radius 3 is 2.83 bits per heavy atom. The third kappa shape index (κ3) is 3.37. The first-order valence-corrected chi connectivity index (χ1v) is 7.88. The van der Waals surface area contributed by atoms with Gasteiger partial charge in [-0.05, 0) is 42.0 Å². The van der Waals surface area contributed by atoms with Crippen LogP contribution in [0.3, 0.4) is 0 Å². The number of nitrogens with zero attached hydrogens (tertiary/aromatic N) is 1. The molecule has 2 N–H and O–H groups in total. The van der Waals surface area contributed by atoms with Gasteiger partial charge in [0, 0.05) is 24.2 Å². The normalized spacial score (nSPS) is 15.8. The quantitative estimate of drug-likeness (QED) is 0.623. The van der Waals surface area contributed by atoms with Gasteiger partial charge in [0.25, 0.3) is 5.69 Å². The van der Waals surface area contributed by atoms with Gasteiger partial charge in [0.05, 0.1) is 11.0 Å². The van der Waals surface area contributed by atoms with Crippen LogP contribution in [0.15, 0.2) is 42.5 Å². The van der Waals surface area contributed by atoms with E-state index in [4.69, 9.17) is 5.11 Å². The number of nitro benzene ring substituents is 1. The molecule has 0 fully saturated rings. The molecule has 6 nitrogen and oxygen atoms in total. The fourth-order valence-electron chi connectivity index (χ4n) is 3.18. The lowest BCUT2D eigenvalue weighted by molar-refractivity contribution is -0.384. The van der Waals surface area contributed by atoms with E-state index in [2.05, 4.69) is 17.4 Å². The monoisotopic (exact) mass is 326 g/mol. The van der Waals surface area contributed by atoms with E-state index < -0.39 is 10.9 Å². The molecule has 6 heteroatoms. The smallest absolute Gasteiger partial charge is 0.303 e. The molecular formula is C18H18N2O4. The van der Waals surface area contributed by atoms with Crippen LogP contribution in [0.25, 0.3) is 0 Å². The van der Waals surface area contributed by atoms with Crippen molar-refractivity contribution >= 4 is 17.3 Å². The van der Waals surface area contributed by atoms with E-state index >= 15 is 0 Å². The zero-order chi connectivity index (χ0) is 17.1. The van der Waals surface area contributed by atoms with Gasteiger partial charge in [-0.1, -0.05) is 24.3 Å². The minimum absolute atomic E-state index is 0.0206.